The number of hydrogen-bond acceptors (Lipinski definition) is 3. The molecule has 1 aromatic rings. The number of Topliss-reactive ketones (excluding diaryl/α,β-unsaturated/α-hetero) is 1. The van der Waals surface area contributed by atoms with Crippen LogP contribution in [0.25, 0.3) is 0 Å². The fourth-order valence-corrected chi connectivity index (χ4v) is 2.34. The van der Waals surface area contributed by atoms with E-state index in [1.165, 1.54) is 0 Å². The fourth-order valence-electron chi connectivity index (χ4n) is 0.842. The Bertz CT molecular complexity index is 254. The van der Waals surface area contributed by atoms with Gasteiger partial charge in [0.25, 0.3) is 0 Å². The highest BCUT2D eigenvalue weighted by atomic mass is 32.2. The van der Waals surface area contributed by atoms with Crippen molar-refractivity contribution in [3.05, 3.63) is 22.4 Å². The van der Waals surface area contributed by atoms with Crippen LogP contribution in [0.5, 0.6) is 0 Å². The van der Waals surface area contributed by atoms with Gasteiger partial charge in [0, 0.05) is 16.2 Å². The van der Waals surface area contributed by atoms with Crippen LogP contribution in [0.15, 0.2) is 16.8 Å². The van der Waals surface area contributed by atoms with E-state index in [1.54, 1.807) is 23.1 Å². The molecular formula is C10H14OS2. The predicted octanol–water partition coefficient (Wildman–Crippen LogP) is 3.46. The molecule has 1 heterocycles. The Morgan fingerprint density at radius 1 is 1.69 bits per heavy atom. The molecular weight excluding hydrogens is 200 g/mol. The average Bonchev–Trinajstić information content (AvgIpc) is 2.66. The van der Waals surface area contributed by atoms with Gasteiger partial charge in [0.15, 0.2) is 5.78 Å². The van der Waals surface area contributed by atoms with Gasteiger partial charge in [-0.2, -0.15) is 23.1 Å². The minimum atomic E-state index is 0.256. The SMILES string of the molecule is CCC(C)SCC(=O)c1ccsc1. The molecule has 0 aliphatic carbocycles. The van der Waals surface area contributed by atoms with Gasteiger partial charge in [0.05, 0.1) is 5.75 Å². The summed E-state index contributed by atoms with van der Waals surface area (Å²) in [6.45, 7) is 4.30. The number of thioether (sulfide) groups is 1. The third-order valence-corrected chi connectivity index (χ3v) is 3.93. The summed E-state index contributed by atoms with van der Waals surface area (Å²) >= 11 is 3.32. The van der Waals surface area contributed by atoms with Gasteiger partial charge in [-0.15, -0.1) is 0 Å². The largest absolute Gasteiger partial charge is 0.293 e. The molecule has 0 aliphatic heterocycles. The highest BCUT2D eigenvalue weighted by Gasteiger charge is 2.07. The van der Waals surface area contributed by atoms with Crippen LogP contribution in [0, 0.1) is 0 Å². The molecule has 1 atom stereocenters. The second kappa shape index (κ2) is 5.45. The zero-order valence-corrected chi connectivity index (χ0v) is 9.58. The summed E-state index contributed by atoms with van der Waals surface area (Å²) in [5.41, 5.74) is 0.862. The summed E-state index contributed by atoms with van der Waals surface area (Å²) in [6, 6.07) is 1.89. The Kier molecular flexibility index (Phi) is 4.53. The molecule has 1 aromatic heterocycles. The Balaban J connectivity index is 2.35. The second-order valence-electron chi connectivity index (χ2n) is 2.97. The highest BCUT2D eigenvalue weighted by molar-refractivity contribution is 8.00. The van der Waals surface area contributed by atoms with Gasteiger partial charge in [-0.25, -0.2) is 0 Å². The maximum atomic E-state index is 11.5. The lowest BCUT2D eigenvalue weighted by molar-refractivity contribution is 0.102. The van der Waals surface area contributed by atoms with Gasteiger partial charge in [-0.05, 0) is 17.9 Å². The lowest BCUT2D eigenvalue weighted by Gasteiger charge is -2.05. The van der Waals surface area contributed by atoms with E-state index in [1.807, 2.05) is 16.8 Å². The summed E-state index contributed by atoms with van der Waals surface area (Å²) in [6.07, 6.45) is 1.13. The van der Waals surface area contributed by atoms with Crippen molar-refractivity contribution >= 4 is 28.9 Å². The standard InChI is InChI=1S/C10H14OS2/c1-3-8(2)13-7-10(11)9-4-5-12-6-9/h4-6,8H,3,7H2,1-2H3. The molecule has 0 N–H and O–H groups in total. The average molecular weight is 214 g/mol. The molecule has 72 valence electrons. The lowest BCUT2D eigenvalue weighted by Crippen LogP contribution is -2.04. The van der Waals surface area contributed by atoms with Crippen molar-refractivity contribution in [2.45, 2.75) is 25.5 Å². The molecule has 1 nitrogen and oxygen atoms in total. The molecule has 0 radical (unpaired) electrons. The van der Waals surface area contributed by atoms with E-state index in [0.29, 0.717) is 11.0 Å². The van der Waals surface area contributed by atoms with Crippen LogP contribution in [0.3, 0.4) is 0 Å². The second-order valence-corrected chi connectivity index (χ2v) is 5.17. The maximum Gasteiger partial charge on any atom is 0.173 e. The first-order valence-corrected chi connectivity index (χ1v) is 6.40. The van der Waals surface area contributed by atoms with Crippen molar-refractivity contribution in [1.82, 2.24) is 0 Å². The van der Waals surface area contributed by atoms with Gasteiger partial charge >= 0.3 is 0 Å². The van der Waals surface area contributed by atoms with Crippen LogP contribution in [0.4, 0.5) is 0 Å². The molecule has 1 unspecified atom stereocenters. The van der Waals surface area contributed by atoms with Crippen LogP contribution in [-0.2, 0) is 0 Å². The quantitative estimate of drug-likeness (QED) is 0.698. The predicted molar refractivity (Wildman–Crippen MR) is 60.9 cm³/mol. The summed E-state index contributed by atoms with van der Waals surface area (Å²) in [5, 5.41) is 4.45. The minimum Gasteiger partial charge on any atom is -0.293 e. The normalized spacial score (nSPS) is 12.8. The zero-order valence-electron chi connectivity index (χ0n) is 7.95. The van der Waals surface area contributed by atoms with Gasteiger partial charge < -0.3 is 0 Å². The maximum absolute atomic E-state index is 11.5. The minimum absolute atomic E-state index is 0.256. The van der Waals surface area contributed by atoms with Crippen molar-refractivity contribution in [1.29, 1.82) is 0 Å². The van der Waals surface area contributed by atoms with E-state index in [9.17, 15) is 4.79 Å². The number of hydrogen-bond donors (Lipinski definition) is 0. The molecule has 13 heavy (non-hydrogen) atoms. The Hall–Kier alpha value is -0.280. The molecule has 0 aliphatic rings. The van der Waals surface area contributed by atoms with E-state index in [4.69, 9.17) is 0 Å². The first-order chi connectivity index (χ1) is 6.24. The van der Waals surface area contributed by atoms with Crippen LogP contribution in [-0.4, -0.2) is 16.8 Å². The number of thiophene rings is 1. The van der Waals surface area contributed by atoms with E-state index in [2.05, 4.69) is 13.8 Å². The zero-order chi connectivity index (χ0) is 9.68. The van der Waals surface area contributed by atoms with Crippen molar-refractivity contribution in [2.24, 2.45) is 0 Å². The number of rotatable bonds is 5. The van der Waals surface area contributed by atoms with Crippen LogP contribution >= 0.6 is 23.1 Å². The molecule has 0 saturated carbocycles. The molecule has 3 heteroatoms. The summed E-state index contributed by atoms with van der Waals surface area (Å²) in [4.78, 5) is 11.5. The van der Waals surface area contributed by atoms with E-state index < -0.39 is 0 Å². The van der Waals surface area contributed by atoms with E-state index in [-0.39, 0.29) is 5.78 Å². The molecule has 1 rings (SSSR count). The monoisotopic (exact) mass is 214 g/mol. The third-order valence-electron chi connectivity index (χ3n) is 1.92. The molecule has 0 amide bonds. The van der Waals surface area contributed by atoms with Crippen LogP contribution < -0.4 is 0 Å². The Morgan fingerprint density at radius 3 is 3.00 bits per heavy atom. The first-order valence-electron chi connectivity index (χ1n) is 4.41. The Labute approximate surface area is 87.5 Å². The number of ketones is 1. The van der Waals surface area contributed by atoms with Gasteiger partial charge in [-0.1, -0.05) is 13.8 Å². The molecule has 0 spiro atoms. The smallest absolute Gasteiger partial charge is 0.173 e. The number of carbonyl (C=O) groups is 1. The van der Waals surface area contributed by atoms with Gasteiger partial charge in [0.1, 0.15) is 0 Å². The third kappa shape index (κ3) is 3.53. The molecule has 0 fully saturated rings. The van der Waals surface area contributed by atoms with E-state index in [0.717, 1.165) is 12.0 Å². The summed E-state index contributed by atoms with van der Waals surface area (Å²) < 4.78 is 0. The topological polar surface area (TPSA) is 17.1 Å². The van der Waals surface area contributed by atoms with Gasteiger partial charge in [0.2, 0.25) is 0 Å². The first kappa shape index (κ1) is 10.8. The Morgan fingerprint density at radius 2 is 2.46 bits per heavy atom. The van der Waals surface area contributed by atoms with Crippen LogP contribution in [0.2, 0.25) is 0 Å². The molecule has 0 aromatic carbocycles. The molecule has 0 bridgehead atoms. The summed E-state index contributed by atoms with van der Waals surface area (Å²) in [5.74, 6) is 0.873. The van der Waals surface area contributed by atoms with Gasteiger partial charge in [-0.3, -0.25) is 4.79 Å². The number of carbonyl (C=O) groups excluding carboxylic acids is 1. The summed E-state index contributed by atoms with van der Waals surface area (Å²) in [7, 11) is 0. The highest BCUT2D eigenvalue weighted by Crippen LogP contribution is 2.16. The van der Waals surface area contributed by atoms with Crippen molar-refractivity contribution < 1.29 is 4.79 Å². The van der Waals surface area contributed by atoms with Crippen molar-refractivity contribution in [3.63, 3.8) is 0 Å². The fraction of sp³-hybridized carbons (Fsp3) is 0.500. The van der Waals surface area contributed by atoms with Crippen molar-refractivity contribution in [3.8, 4) is 0 Å². The lowest BCUT2D eigenvalue weighted by atomic mass is 10.2. The van der Waals surface area contributed by atoms with Crippen molar-refractivity contribution in [2.75, 3.05) is 5.75 Å². The van der Waals surface area contributed by atoms with E-state index >= 15 is 0 Å². The van der Waals surface area contributed by atoms with Crippen LogP contribution in [0.1, 0.15) is 30.6 Å². The molecule has 0 saturated heterocycles.